The maximum atomic E-state index is 11.1. The highest BCUT2D eigenvalue weighted by atomic mass is 79.9. The Morgan fingerprint density at radius 3 is 2.61 bits per heavy atom. The Balaban J connectivity index is 2.64. The van der Waals surface area contributed by atoms with Crippen LogP contribution in [-0.2, 0) is 11.3 Å². The van der Waals surface area contributed by atoms with Gasteiger partial charge in [0.15, 0.2) is 0 Å². The van der Waals surface area contributed by atoms with E-state index in [1.165, 1.54) is 5.56 Å². The first-order valence-corrected chi connectivity index (χ1v) is 6.90. The predicted molar refractivity (Wildman–Crippen MR) is 76.6 cm³/mol. The van der Waals surface area contributed by atoms with E-state index in [2.05, 4.69) is 21.2 Å². The lowest BCUT2D eigenvalue weighted by atomic mass is 10.0. The van der Waals surface area contributed by atoms with E-state index >= 15 is 0 Å². The van der Waals surface area contributed by atoms with Crippen molar-refractivity contribution < 1.29 is 9.90 Å². The minimum atomic E-state index is -0.785. The molecule has 1 rings (SSSR count). The molecule has 0 saturated heterocycles. The van der Waals surface area contributed by atoms with E-state index < -0.39 is 12.0 Å². The lowest BCUT2D eigenvalue weighted by Crippen LogP contribution is -2.37. The molecular weight excluding hydrogens is 294 g/mol. The number of hydrogen-bond donors (Lipinski definition) is 2. The Bertz CT molecular complexity index is 418. The van der Waals surface area contributed by atoms with Crippen LogP contribution in [0.2, 0.25) is 0 Å². The van der Waals surface area contributed by atoms with Crippen LogP contribution in [0.1, 0.15) is 31.4 Å². The molecule has 18 heavy (non-hydrogen) atoms. The van der Waals surface area contributed by atoms with E-state index in [0.29, 0.717) is 18.9 Å². The topological polar surface area (TPSA) is 49.3 Å². The van der Waals surface area contributed by atoms with Crippen molar-refractivity contribution in [3.63, 3.8) is 0 Å². The van der Waals surface area contributed by atoms with Gasteiger partial charge in [0.25, 0.3) is 0 Å². The minimum absolute atomic E-state index is 0.361. The Labute approximate surface area is 117 Å². The molecule has 0 amide bonds. The van der Waals surface area contributed by atoms with Gasteiger partial charge in [0.1, 0.15) is 6.04 Å². The molecule has 100 valence electrons. The summed E-state index contributed by atoms with van der Waals surface area (Å²) < 4.78 is 1.02. The molecule has 0 fully saturated rings. The second-order valence-corrected chi connectivity index (χ2v) is 5.85. The smallest absolute Gasteiger partial charge is 0.320 e. The fourth-order valence-electron chi connectivity index (χ4n) is 1.77. The molecule has 0 aliphatic rings. The molecule has 0 aromatic heterocycles. The standard InChI is InChI=1S/C14H20BrNO2/c1-9(2)6-13(14(17)18)16-8-11-5-4-10(3)7-12(11)15/h4-5,7,9,13,16H,6,8H2,1-3H3,(H,17,18)/t13-/m1/s1. The molecule has 3 nitrogen and oxygen atoms in total. The number of carboxylic acids is 1. The molecule has 0 bridgehead atoms. The molecule has 0 unspecified atom stereocenters. The van der Waals surface area contributed by atoms with E-state index in [-0.39, 0.29) is 0 Å². The quantitative estimate of drug-likeness (QED) is 0.846. The van der Waals surface area contributed by atoms with Gasteiger partial charge < -0.3 is 10.4 Å². The largest absolute Gasteiger partial charge is 0.480 e. The van der Waals surface area contributed by atoms with Crippen molar-refractivity contribution in [2.24, 2.45) is 5.92 Å². The van der Waals surface area contributed by atoms with Gasteiger partial charge in [0, 0.05) is 11.0 Å². The maximum absolute atomic E-state index is 11.1. The molecular formula is C14H20BrNO2. The zero-order valence-corrected chi connectivity index (χ0v) is 12.6. The number of aliphatic carboxylic acids is 1. The monoisotopic (exact) mass is 313 g/mol. The molecule has 1 aromatic rings. The predicted octanol–water partition coefficient (Wildman–Crippen LogP) is 3.35. The van der Waals surface area contributed by atoms with Gasteiger partial charge in [0.2, 0.25) is 0 Å². The molecule has 0 aliphatic heterocycles. The molecule has 0 aliphatic carbocycles. The first kappa shape index (κ1) is 15.2. The second kappa shape index (κ2) is 6.90. The van der Waals surface area contributed by atoms with Crippen LogP contribution in [-0.4, -0.2) is 17.1 Å². The number of benzene rings is 1. The van der Waals surface area contributed by atoms with Gasteiger partial charge >= 0.3 is 5.97 Å². The van der Waals surface area contributed by atoms with Gasteiger partial charge in [-0.25, -0.2) is 0 Å². The molecule has 0 spiro atoms. The molecule has 0 saturated carbocycles. The molecule has 1 aromatic carbocycles. The summed E-state index contributed by atoms with van der Waals surface area (Å²) in [5.74, 6) is -0.424. The highest BCUT2D eigenvalue weighted by Gasteiger charge is 2.18. The van der Waals surface area contributed by atoms with Crippen LogP contribution in [0.25, 0.3) is 0 Å². The third-order valence-electron chi connectivity index (χ3n) is 2.75. The normalized spacial score (nSPS) is 12.7. The van der Waals surface area contributed by atoms with Crippen LogP contribution in [0.3, 0.4) is 0 Å². The number of nitrogens with one attached hydrogen (secondary N) is 1. The summed E-state index contributed by atoms with van der Waals surface area (Å²) in [5, 5.41) is 12.2. The number of hydrogen-bond acceptors (Lipinski definition) is 2. The van der Waals surface area contributed by atoms with Crippen LogP contribution >= 0.6 is 15.9 Å². The summed E-state index contributed by atoms with van der Waals surface area (Å²) in [6.07, 6.45) is 0.638. The molecule has 1 atom stereocenters. The van der Waals surface area contributed by atoms with Gasteiger partial charge in [-0.2, -0.15) is 0 Å². The molecule has 4 heteroatoms. The van der Waals surface area contributed by atoms with Gasteiger partial charge in [-0.1, -0.05) is 41.9 Å². The van der Waals surface area contributed by atoms with Crippen molar-refractivity contribution in [1.29, 1.82) is 0 Å². The maximum Gasteiger partial charge on any atom is 0.320 e. The van der Waals surface area contributed by atoms with Crippen molar-refractivity contribution in [3.05, 3.63) is 33.8 Å². The second-order valence-electron chi connectivity index (χ2n) is 5.00. The third kappa shape index (κ3) is 4.78. The van der Waals surface area contributed by atoms with Crippen LogP contribution in [0, 0.1) is 12.8 Å². The fourth-order valence-corrected chi connectivity index (χ4v) is 2.41. The van der Waals surface area contributed by atoms with E-state index in [1.807, 2.05) is 39.0 Å². The number of carbonyl (C=O) groups is 1. The molecule has 2 N–H and O–H groups in total. The summed E-state index contributed by atoms with van der Waals surface area (Å²) in [6, 6.07) is 5.59. The van der Waals surface area contributed by atoms with Gasteiger partial charge in [0.05, 0.1) is 0 Å². The van der Waals surface area contributed by atoms with Crippen molar-refractivity contribution in [1.82, 2.24) is 5.32 Å². The van der Waals surface area contributed by atoms with Crippen LogP contribution < -0.4 is 5.32 Å². The number of halogens is 1. The Hall–Kier alpha value is -0.870. The minimum Gasteiger partial charge on any atom is -0.480 e. The average molecular weight is 314 g/mol. The van der Waals surface area contributed by atoms with Crippen LogP contribution in [0.15, 0.2) is 22.7 Å². The van der Waals surface area contributed by atoms with Gasteiger partial charge in [-0.15, -0.1) is 0 Å². The number of carboxylic acid groups (broad SMARTS) is 1. The lowest BCUT2D eigenvalue weighted by molar-refractivity contribution is -0.140. The fraction of sp³-hybridized carbons (Fsp3) is 0.500. The SMILES string of the molecule is Cc1ccc(CN[C@H](CC(C)C)C(=O)O)c(Br)c1. The highest BCUT2D eigenvalue weighted by Crippen LogP contribution is 2.18. The Morgan fingerprint density at radius 1 is 1.44 bits per heavy atom. The van der Waals surface area contributed by atoms with Crippen LogP contribution in [0.4, 0.5) is 0 Å². The number of aryl methyl sites for hydroxylation is 1. The van der Waals surface area contributed by atoms with Crippen molar-refractivity contribution >= 4 is 21.9 Å². The summed E-state index contributed by atoms with van der Waals surface area (Å²) in [6.45, 7) is 6.64. The van der Waals surface area contributed by atoms with E-state index in [0.717, 1.165) is 10.0 Å². The van der Waals surface area contributed by atoms with E-state index in [1.54, 1.807) is 0 Å². The summed E-state index contributed by atoms with van der Waals surface area (Å²) in [4.78, 5) is 11.1. The Morgan fingerprint density at radius 2 is 2.11 bits per heavy atom. The van der Waals surface area contributed by atoms with Gasteiger partial charge in [-0.05, 0) is 36.5 Å². The van der Waals surface area contributed by atoms with Crippen molar-refractivity contribution in [3.8, 4) is 0 Å². The third-order valence-corrected chi connectivity index (χ3v) is 3.49. The Kier molecular flexibility index (Phi) is 5.82. The zero-order chi connectivity index (χ0) is 13.7. The summed E-state index contributed by atoms with van der Waals surface area (Å²) >= 11 is 3.50. The van der Waals surface area contributed by atoms with Crippen LogP contribution in [0.5, 0.6) is 0 Å². The molecule has 0 heterocycles. The van der Waals surface area contributed by atoms with E-state index in [4.69, 9.17) is 5.11 Å². The zero-order valence-electron chi connectivity index (χ0n) is 11.0. The van der Waals surface area contributed by atoms with E-state index in [9.17, 15) is 4.79 Å². The number of rotatable bonds is 6. The lowest BCUT2D eigenvalue weighted by Gasteiger charge is -2.17. The summed E-state index contributed by atoms with van der Waals surface area (Å²) in [5.41, 5.74) is 2.26. The van der Waals surface area contributed by atoms with Crippen molar-refractivity contribution in [2.45, 2.75) is 39.8 Å². The van der Waals surface area contributed by atoms with Gasteiger partial charge in [-0.3, -0.25) is 4.79 Å². The molecule has 0 radical (unpaired) electrons. The van der Waals surface area contributed by atoms with Crippen molar-refractivity contribution in [2.75, 3.05) is 0 Å². The first-order chi connectivity index (χ1) is 8.40. The highest BCUT2D eigenvalue weighted by molar-refractivity contribution is 9.10. The first-order valence-electron chi connectivity index (χ1n) is 6.11. The average Bonchev–Trinajstić information content (AvgIpc) is 2.25. The summed E-state index contributed by atoms with van der Waals surface area (Å²) in [7, 11) is 0.